The zero-order valence-corrected chi connectivity index (χ0v) is 17.2. The molecule has 5 nitrogen and oxygen atoms in total. The van der Waals surface area contributed by atoms with Gasteiger partial charge in [0.2, 0.25) is 0 Å². The van der Waals surface area contributed by atoms with Gasteiger partial charge in [0.25, 0.3) is 0 Å². The lowest BCUT2D eigenvalue weighted by molar-refractivity contribution is 0.284. The van der Waals surface area contributed by atoms with Gasteiger partial charge in [-0.2, -0.15) is 0 Å². The lowest BCUT2D eigenvalue weighted by atomic mass is 10.2. The maximum absolute atomic E-state index is 6.20. The van der Waals surface area contributed by atoms with Crippen molar-refractivity contribution >= 4 is 23.2 Å². The molecule has 1 aromatic heterocycles. The van der Waals surface area contributed by atoms with Crippen LogP contribution in [0.3, 0.4) is 0 Å². The molecule has 7 heteroatoms. The number of aryl methyl sites for hydroxylation is 1. The Morgan fingerprint density at radius 3 is 2.64 bits per heavy atom. The summed E-state index contributed by atoms with van der Waals surface area (Å²) in [6, 6.07) is 11.3. The molecule has 0 bridgehead atoms. The Morgan fingerprint density at radius 1 is 1.11 bits per heavy atom. The third-order valence-electron chi connectivity index (χ3n) is 4.32. The minimum atomic E-state index is 0.278. The normalized spacial score (nSPS) is 10.8. The van der Waals surface area contributed by atoms with Gasteiger partial charge in [-0.25, -0.2) is 4.98 Å². The van der Waals surface area contributed by atoms with Crippen LogP contribution in [-0.4, -0.2) is 23.2 Å². The zero-order valence-electron chi connectivity index (χ0n) is 15.7. The van der Waals surface area contributed by atoms with E-state index < -0.39 is 0 Å². The van der Waals surface area contributed by atoms with E-state index in [1.165, 1.54) is 0 Å². The molecule has 0 aliphatic rings. The molecule has 3 aromatic rings. The highest BCUT2D eigenvalue weighted by molar-refractivity contribution is 6.35. The molecule has 1 N–H and O–H groups in total. The minimum absolute atomic E-state index is 0.278. The molecule has 0 atom stereocenters. The van der Waals surface area contributed by atoms with Crippen molar-refractivity contribution in [2.24, 2.45) is 0 Å². The van der Waals surface area contributed by atoms with Crippen LogP contribution in [0.2, 0.25) is 10.0 Å². The first-order valence-electron chi connectivity index (χ1n) is 9.06. The predicted octanol–water partition coefficient (Wildman–Crippen LogP) is 4.96. The van der Waals surface area contributed by atoms with Gasteiger partial charge in [-0.3, -0.25) is 0 Å². The molecule has 0 fully saturated rings. The van der Waals surface area contributed by atoms with Crippen LogP contribution >= 0.6 is 23.2 Å². The highest BCUT2D eigenvalue weighted by Crippen LogP contribution is 2.31. The van der Waals surface area contributed by atoms with Crippen LogP contribution in [0, 0.1) is 0 Å². The number of benzene rings is 2. The predicted molar refractivity (Wildman–Crippen MR) is 112 cm³/mol. The highest BCUT2D eigenvalue weighted by Gasteiger charge is 2.10. The molecular weight excluding hydrogens is 397 g/mol. The van der Waals surface area contributed by atoms with Crippen molar-refractivity contribution in [1.29, 1.82) is 0 Å². The van der Waals surface area contributed by atoms with E-state index in [9.17, 15) is 0 Å². The summed E-state index contributed by atoms with van der Waals surface area (Å²) in [4.78, 5) is 4.04. The summed E-state index contributed by atoms with van der Waals surface area (Å²) in [7, 11) is 1.63. The summed E-state index contributed by atoms with van der Waals surface area (Å²) in [6.45, 7) is 2.91. The van der Waals surface area contributed by atoms with E-state index in [0.717, 1.165) is 37.2 Å². The molecule has 0 aliphatic heterocycles. The van der Waals surface area contributed by atoms with Crippen molar-refractivity contribution in [3.63, 3.8) is 0 Å². The monoisotopic (exact) mass is 419 g/mol. The number of imidazole rings is 1. The van der Waals surface area contributed by atoms with Crippen LogP contribution in [0.1, 0.15) is 17.5 Å². The number of rotatable bonds is 10. The number of aromatic nitrogens is 2. The van der Waals surface area contributed by atoms with E-state index in [1.54, 1.807) is 25.4 Å². The van der Waals surface area contributed by atoms with Crippen molar-refractivity contribution in [3.05, 3.63) is 76.3 Å². The molecule has 0 unspecified atom stereocenters. The molecule has 0 spiro atoms. The number of hydrogen-bond acceptors (Lipinski definition) is 4. The van der Waals surface area contributed by atoms with E-state index in [4.69, 9.17) is 32.7 Å². The molecule has 28 heavy (non-hydrogen) atoms. The van der Waals surface area contributed by atoms with Gasteiger partial charge in [-0.15, -0.1) is 0 Å². The van der Waals surface area contributed by atoms with Crippen LogP contribution in [0.25, 0.3) is 0 Å². The fourth-order valence-electron chi connectivity index (χ4n) is 2.80. The number of halogens is 2. The number of ether oxygens (including phenoxy) is 2. The standard InChI is InChI=1S/C21H23Cl2N3O2/c1-27-21-12-16(13-24-8-3-10-26-11-9-25-15-26)6-7-20(21)28-14-17-18(22)4-2-5-19(17)23/h2,4-7,9,11-12,15,24H,3,8,10,13-14H2,1H3. The van der Waals surface area contributed by atoms with Crippen LogP contribution in [0.5, 0.6) is 11.5 Å². The lowest BCUT2D eigenvalue weighted by Crippen LogP contribution is -2.16. The number of hydrogen-bond donors (Lipinski definition) is 1. The van der Waals surface area contributed by atoms with Gasteiger partial charge < -0.3 is 19.4 Å². The Balaban J connectivity index is 1.51. The van der Waals surface area contributed by atoms with Crippen molar-refractivity contribution < 1.29 is 9.47 Å². The fourth-order valence-corrected chi connectivity index (χ4v) is 3.31. The summed E-state index contributed by atoms with van der Waals surface area (Å²) in [5, 5.41) is 4.61. The van der Waals surface area contributed by atoms with Crippen LogP contribution in [0.15, 0.2) is 55.1 Å². The average molecular weight is 420 g/mol. The SMILES string of the molecule is COc1cc(CNCCCn2ccnc2)ccc1OCc1c(Cl)cccc1Cl. The molecule has 148 valence electrons. The second-order valence-corrected chi connectivity index (χ2v) is 7.12. The van der Waals surface area contributed by atoms with Crippen LogP contribution < -0.4 is 14.8 Å². The number of nitrogens with zero attached hydrogens (tertiary/aromatic N) is 2. The van der Waals surface area contributed by atoms with E-state index in [2.05, 4.69) is 14.9 Å². The topological polar surface area (TPSA) is 48.3 Å². The first kappa shape index (κ1) is 20.5. The molecule has 0 saturated heterocycles. The maximum Gasteiger partial charge on any atom is 0.161 e. The van der Waals surface area contributed by atoms with E-state index in [-0.39, 0.29) is 6.61 Å². The maximum atomic E-state index is 6.20. The molecule has 0 amide bonds. The average Bonchev–Trinajstić information content (AvgIpc) is 3.21. The Morgan fingerprint density at radius 2 is 1.93 bits per heavy atom. The Kier molecular flexibility index (Phi) is 7.60. The molecule has 1 heterocycles. The lowest BCUT2D eigenvalue weighted by Gasteiger charge is -2.14. The van der Waals surface area contributed by atoms with E-state index in [1.807, 2.05) is 36.8 Å². The summed E-state index contributed by atoms with van der Waals surface area (Å²) < 4.78 is 13.4. The molecule has 0 radical (unpaired) electrons. The molecule has 3 rings (SSSR count). The molecular formula is C21H23Cl2N3O2. The third-order valence-corrected chi connectivity index (χ3v) is 5.03. The zero-order chi connectivity index (χ0) is 19.8. The number of methoxy groups -OCH3 is 1. The van der Waals surface area contributed by atoms with Gasteiger partial charge in [-0.05, 0) is 42.8 Å². The van der Waals surface area contributed by atoms with Crippen molar-refractivity contribution in [2.75, 3.05) is 13.7 Å². The number of nitrogens with one attached hydrogen (secondary N) is 1. The van der Waals surface area contributed by atoms with Gasteiger partial charge in [0.05, 0.1) is 13.4 Å². The summed E-state index contributed by atoms with van der Waals surface area (Å²) in [5.74, 6) is 1.34. The van der Waals surface area contributed by atoms with Gasteiger partial charge >= 0.3 is 0 Å². The second kappa shape index (κ2) is 10.4. The second-order valence-electron chi connectivity index (χ2n) is 6.30. The van der Waals surface area contributed by atoms with Gasteiger partial charge in [-0.1, -0.05) is 35.3 Å². The van der Waals surface area contributed by atoms with E-state index >= 15 is 0 Å². The first-order chi connectivity index (χ1) is 13.7. The fraction of sp³-hybridized carbons (Fsp3) is 0.286. The first-order valence-corrected chi connectivity index (χ1v) is 9.82. The quantitative estimate of drug-likeness (QED) is 0.471. The largest absolute Gasteiger partial charge is 0.493 e. The van der Waals surface area contributed by atoms with Crippen LogP contribution in [0.4, 0.5) is 0 Å². The minimum Gasteiger partial charge on any atom is -0.493 e. The molecule has 0 saturated carbocycles. The van der Waals surface area contributed by atoms with Crippen molar-refractivity contribution in [2.45, 2.75) is 26.1 Å². The van der Waals surface area contributed by atoms with Crippen molar-refractivity contribution in [3.8, 4) is 11.5 Å². The summed E-state index contributed by atoms with van der Waals surface area (Å²) >= 11 is 12.4. The van der Waals surface area contributed by atoms with Crippen molar-refractivity contribution in [1.82, 2.24) is 14.9 Å². The van der Waals surface area contributed by atoms with Crippen LogP contribution in [-0.2, 0) is 19.7 Å². The van der Waals surface area contributed by atoms with Gasteiger partial charge in [0, 0.05) is 41.1 Å². The Labute approximate surface area is 175 Å². The van der Waals surface area contributed by atoms with Gasteiger partial charge in [0.15, 0.2) is 11.5 Å². The summed E-state index contributed by atoms with van der Waals surface area (Å²) in [6.07, 6.45) is 6.63. The third kappa shape index (κ3) is 5.64. The summed E-state index contributed by atoms with van der Waals surface area (Å²) in [5.41, 5.74) is 1.89. The smallest absolute Gasteiger partial charge is 0.161 e. The Hall–Kier alpha value is -2.21. The Bertz CT molecular complexity index is 865. The molecule has 0 aliphatic carbocycles. The molecule has 2 aromatic carbocycles. The highest BCUT2D eigenvalue weighted by atomic mass is 35.5. The van der Waals surface area contributed by atoms with E-state index in [0.29, 0.717) is 21.5 Å². The van der Waals surface area contributed by atoms with Gasteiger partial charge in [0.1, 0.15) is 6.61 Å².